The van der Waals surface area contributed by atoms with E-state index in [2.05, 4.69) is 20.9 Å². The minimum Gasteiger partial charge on any atom is -0.306 e. The number of imidazole rings is 1. The average molecular weight is 299 g/mol. The number of benzene rings is 1. The van der Waals surface area contributed by atoms with E-state index >= 15 is 0 Å². The summed E-state index contributed by atoms with van der Waals surface area (Å²) in [5.41, 5.74) is 1.92. The zero-order chi connectivity index (χ0) is 11.1. The van der Waals surface area contributed by atoms with Crippen molar-refractivity contribution >= 4 is 38.7 Å². The zero-order valence-corrected chi connectivity index (χ0v) is 11.0. The fourth-order valence-corrected chi connectivity index (χ4v) is 3.79. The summed E-state index contributed by atoms with van der Waals surface area (Å²) in [5, 5.41) is 0.301. The number of halogens is 1. The molecule has 0 amide bonds. The molecule has 0 spiro atoms. The Kier molecular flexibility index (Phi) is 2.59. The molecule has 1 atom stereocenters. The van der Waals surface area contributed by atoms with Crippen molar-refractivity contribution in [3.05, 3.63) is 33.2 Å². The summed E-state index contributed by atoms with van der Waals surface area (Å²) >= 11 is 5.31. The molecule has 1 saturated heterocycles. The number of rotatable bonds is 1. The maximum atomic E-state index is 11.9. The lowest BCUT2D eigenvalue weighted by molar-refractivity contribution is 0.641. The Morgan fingerprint density at radius 2 is 2.38 bits per heavy atom. The van der Waals surface area contributed by atoms with E-state index < -0.39 is 0 Å². The molecule has 0 radical (unpaired) electrons. The van der Waals surface area contributed by atoms with Gasteiger partial charge in [-0.1, -0.05) is 15.9 Å². The van der Waals surface area contributed by atoms with Crippen LogP contribution in [0, 0.1) is 0 Å². The molecule has 84 valence electrons. The normalized spacial score (nSPS) is 20.7. The molecule has 0 aliphatic carbocycles. The first-order valence-corrected chi connectivity index (χ1v) is 7.11. The van der Waals surface area contributed by atoms with E-state index in [1.807, 2.05) is 34.5 Å². The summed E-state index contributed by atoms with van der Waals surface area (Å²) < 4.78 is 2.90. The molecule has 2 heterocycles. The van der Waals surface area contributed by atoms with Gasteiger partial charge in [0.2, 0.25) is 0 Å². The van der Waals surface area contributed by atoms with Crippen LogP contribution in [0.3, 0.4) is 0 Å². The highest BCUT2D eigenvalue weighted by Crippen LogP contribution is 2.36. The molecule has 0 saturated carbocycles. The standard InChI is InChI=1S/C11H11BrN2OS/c12-7-3-4-8-9(6-7)14(11(15)13-8)10-2-1-5-16-10/h3-4,6,10H,1-2,5H2,(H,13,15). The molecular formula is C11H11BrN2OS. The van der Waals surface area contributed by atoms with Crippen molar-refractivity contribution < 1.29 is 0 Å². The van der Waals surface area contributed by atoms with Gasteiger partial charge in [0.1, 0.15) is 0 Å². The molecule has 1 aliphatic rings. The minimum absolute atomic E-state index is 0.00694. The molecule has 1 aromatic heterocycles. The van der Waals surface area contributed by atoms with Crippen LogP contribution in [0.4, 0.5) is 0 Å². The van der Waals surface area contributed by atoms with Crippen molar-refractivity contribution in [3.8, 4) is 0 Å². The van der Waals surface area contributed by atoms with Crippen LogP contribution >= 0.6 is 27.7 Å². The summed E-state index contributed by atoms with van der Waals surface area (Å²) in [5.74, 6) is 1.15. The van der Waals surface area contributed by atoms with Gasteiger partial charge in [-0.2, -0.15) is 0 Å². The highest BCUT2D eigenvalue weighted by atomic mass is 79.9. The Morgan fingerprint density at radius 3 is 3.12 bits per heavy atom. The first-order chi connectivity index (χ1) is 7.75. The molecule has 2 aromatic rings. The Morgan fingerprint density at radius 1 is 1.50 bits per heavy atom. The number of aromatic nitrogens is 2. The molecule has 1 fully saturated rings. The summed E-state index contributed by atoms with van der Waals surface area (Å²) in [6.07, 6.45) is 2.28. The average Bonchev–Trinajstić information content (AvgIpc) is 2.83. The van der Waals surface area contributed by atoms with Gasteiger partial charge in [0.25, 0.3) is 0 Å². The van der Waals surface area contributed by atoms with Crippen LogP contribution in [-0.2, 0) is 0 Å². The number of nitrogens with one attached hydrogen (secondary N) is 1. The monoisotopic (exact) mass is 298 g/mol. The lowest BCUT2D eigenvalue weighted by Crippen LogP contribution is -2.18. The third-order valence-corrected chi connectivity index (χ3v) is 4.72. The van der Waals surface area contributed by atoms with Gasteiger partial charge in [0, 0.05) is 4.47 Å². The Hall–Kier alpha value is -0.680. The molecular weight excluding hydrogens is 288 g/mol. The van der Waals surface area contributed by atoms with E-state index in [-0.39, 0.29) is 5.69 Å². The maximum absolute atomic E-state index is 11.9. The highest BCUT2D eigenvalue weighted by molar-refractivity contribution is 9.10. The van der Waals surface area contributed by atoms with Crippen molar-refractivity contribution in [2.75, 3.05) is 5.75 Å². The van der Waals surface area contributed by atoms with Crippen LogP contribution in [0.2, 0.25) is 0 Å². The van der Waals surface area contributed by atoms with Crippen molar-refractivity contribution in [1.29, 1.82) is 0 Å². The van der Waals surface area contributed by atoms with Crippen LogP contribution in [-0.4, -0.2) is 15.3 Å². The molecule has 0 bridgehead atoms. The van der Waals surface area contributed by atoms with Gasteiger partial charge in [0.15, 0.2) is 0 Å². The fraction of sp³-hybridized carbons (Fsp3) is 0.364. The lowest BCUT2D eigenvalue weighted by Gasteiger charge is -2.10. The molecule has 16 heavy (non-hydrogen) atoms. The van der Waals surface area contributed by atoms with Crippen LogP contribution in [0.25, 0.3) is 11.0 Å². The van der Waals surface area contributed by atoms with E-state index in [1.54, 1.807) is 0 Å². The van der Waals surface area contributed by atoms with Crippen molar-refractivity contribution in [3.63, 3.8) is 0 Å². The predicted octanol–water partition coefficient (Wildman–Crippen LogP) is 3.12. The molecule has 5 heteroatoms. The number of H-pyrrole nitrogens is 1. The van der Waals surface area contributed by atoms with E-state index in [0.29, 0.717) is 5.37 Å². The third kappa shape index (κ3) is 1.62. The van der Waals surface area contributed by atoms with Crippen LogP contribution in [0.15, 0.2) is 27.5 Å². The third-order valence-electron chi connectivity index (χ3n) is 2.87. The number of hydrogen-bond acceptors (Lipinski definition) is 2. The van der Waals surface area contributed by atoms with E-state index in [1.165, 1.54) is 6.42 Å². The Labute approximate surface area is 105 Å². The van der Waals surface area contributed by atoms with E-state index in [0.717, 1.165) is 27.7 Å². The predicted molar refractivity (Wildman–Crippen MR) is 71.0 cm³/mol. The SMILES string of the molecule is O=c1[nH]c2ccc(Br)cc2n1C1CCCS1. The second kappa shape index (κ2) is 3.96. The number of hydrogen-bond donors (Lipinski definition) is 1. The van der Waals surface area contributed by atoms with Crippen LogP contribution in [0.5, 0.6) is 0 Å². The van der Waals surface area contributed by atoms with Gasteiger partial charge in [-0.3, -0.25) is 4.57 Å². The molecule has 1 N–H and O–H groups in total. The largest absolute Gasteiger partial charge is 0.327 e. The number of nitrogens with zero attached hydrogens (tertiary/aromatic N) is 1. The van der Waals surface area contributed by atoms with Crippen molar-refractivity contribution in [2.24, 2.45) is 0 Å². The molecule has 1 unspecified atom stereocenters. The lowest BCUT2D eigenvalue weighted by atomic mass is 10.3. The summed E-state index contributed by atoms with van der Waals surface area (Å²) in [4.78, 5) is 14.8. The van der Waals surface area contributed by atoms with Crippen LogP contribution < -0.4 is 5.69 Å². The van der Waals surface area contributed by atoms with E-state index in [9.17, 15) is 4.79 Å². The van der Waals surface area contributed by atoms with Crippen molar-refractivity contribution in [1.82, 2.24) is 9.55 Å². The number of fused-ring (bicyclic) bond motifs is 1. The number of thioether (sulfide) groups is 1. The smallest absolute Gasteiger partial charge is 0.306 e. The quantitative estimate of drug-likeness (QED) is 0.878. The molecule has 1 aromatic carbocycles. The summed E-state index contributed by atoms with van der Waals surface area (Å²) in [6, 6.07) is 5.90. The minimum atomic E-state index is 0.00694. The Balaban J connectivity index is 2.25. The Bertz CT molecular complexity index is 583. The zero-order valence-electron chi connectivity index (χ0n) is 8.57. The van der Waals surface area contributed by atoms with Gasteiger partial charge in [-0.25, -0.2) is 4.79 Å². The maximum Gasteiger partial charge on any atom is 0.327 e. The molecule has 1 aliphatic heterocycles. The summed E-state index contributed by atoms with van der Waals surface area (Å²) in [6.45, 7) is 0. The highest BCUT2D eigenvalue weighted by Gasteiger charge is 2.21. The van der Waals surface area contributed by atoms with E-state index in [4.69, 9.17) is 0 Å². The summed E-state index contributed by atoms with van der Waals surface area (Å²) in [7, 11) is 0. The van der Waals surface area contributed by atoms with Crippen molar-refractivity contribution in [2.45, 2.75) is 18.2 Å². The second-order valence-corrected chi connectivity index (χ2v) is 6.13. The molecule has 3 rings (SSSR count). The first kappa shape index (κ1) is 10.5. The topological polar surface area (TPSA) is 37.8 Å². The van der Waals surface area contributed by atoms with Gasteiger partial charge in [0.05, 0.1) is 16.4 Å². The molecule has 3 nitrogen and oxygen atoms in total. The first-order valence-electron chi connectivity index (χ1n) is 5.27. The van der Waals surface area contributed by atoms with Gasteiger partial charge < -0.3 is 4.98 Å². The second-order valence-electron chi connectivity index (χ2n) is 3.93. The number of aromatic amines is 1. The fourth-order valence-electron chi connectivity index (χ4n) is 2.14. The van der Waals surface area contributed by atoms with Gasteiger partial charge in [-0.05, 0) is 36.8 Å². The van der Waals surface area contributed by atoms with Gasteiger partial charge >= 0.3 is 5.69 Å². The van der Waals surface area contributed by atoms with Crippen LogP contribution in [0.1, 0.15) is 18.2 Å². The van der Waals surface area contributed by atoms with Gasteiger partial charge in [-0.15, -0.1) is 11.8 Å².